The lowest BCUT2D eigenvalue weighted by atomic mass is 10.0. The highest BCUT2D eigenvalue weighted by molar-refractivity contribution is 9.14. The van der Waals surface area contributed by atoms with E-state index in [2.05, 4.69) is 63.7 Å². The van der Waals surface area contributed by atoms with Crippen molar-refractivity contribution < 1.29 is 14.7 Å². The van der Waals surface area contributed by atoms with Crippen molar-refractivity contribution in [2.24, 2.45) is 0 Å². The zero-order valence-corrected chi connectivity index (χ0v) is 17.2. The van der Waals surface area contributed by atoms with Crippen LogP contribution in [0.1, 0.15) is 23.2 Å². The molecule has 0 spiro atoms. The van der Waals surface area contributed by atoms with Crippen LogP contribution in [0.15, 0.2) is 30.3 Å². The Morgan fingerprint density at radius 1 is 0.952 bits per heavy atom. The van der Waals surface area contributed by atoms with Gasteiger partial charge in [-0.3, -0.25) is 9.59 Å². The molecule has 0 aliphatic rings. The first kappa shape index (κ1) is 19.3. The molecular formula is C14H14Br4O3. The second-order valence-electron chi connectivity index (χ2n) is 4.46. The van der Waals surface area contributed by atoms with Crippen molar-refractivity contribution in [1.82, 2.24) is 0 Å². The largest absolute Gasteiger partial charge is 0.481 e. The summed E-state index contributed by atoms with van der Waals surface area (Å²) in [6.45, 7) is 0. The lowest BCUT2D eigenvalue weighted by molar-refractivity contribution is -0.138. The van der Waals surface area contributed by atoms with Gasteiger partial charge in [0.1, 0.15) is 5.78 Å². The number of carbonyl (C=O) groups is 2. The summed E-state index contributed by atoms with van der Waals surface area (Å²) in [5, 5.41) is 8.63. The van der Waals surface area contributed by atoms with Crippen LogP contribution in [0.2, 0.25) is 0 Å². The summed E-state index contributed by atoms with van der Waals surface area (Å²) in [6, 6.07) is 9.86. The van der Waals surface area contributed by atoms with E-state index < -0.39 is 10.8 Å². The van der Waals surface area contributed by atoms with Crippen molar-refractivity contribution in [3.05, 3.63) is 35.9 Å². The molecule has 0 radical (unpaired) electrons. The Kier molecular flexibility index (Phi) is 8.67. The van der Waals surface area contributed by atoms with Gasteiger partial charge in [-0.25, -0.2) is 0 Å². The Hall–Kier alpha value is 0.280. The number of benzene rings is 1. The van der Waals surface area contributed by atoms with E-state index in [4.69, 9.17) is 5.11 Å². The molecule has 0 unspecified atom stereocenters. The number of Topliss-reactive ketones (excluding diaryl/α,β-unsaturated/α-hetero) is 1. The van der Waals surface area contributed by atoms with Crippen molar-refractivity contribution in [3.63, 3.8) is 0 Å². The minimum Gasteiger partial charge on any atom is -0.481 e. The van der Waals surface area contributed by atoms with E-state index in [0.717, 1.165) is 5.56 Å². The third-order valence-corrected chi connectivity index (χ3v) is 9.38. The standard InChI is InChI=1S/C14H14Br4O3/c15-11(8-4-2-1-3-5-8)13(17)14(18)12(16)9(19)6-7-10(20)21/h1-5,11-14H,6-7H2,(H,20,21)/t11-,12+,13+,14+/m0/s1. The van der Waals surface area contributed by atoms with Crippen molar-refractivity contribution in [2.75, 3.05) is 0 Å². The molecule has 0 heterocycles. The van der Waals surface area contributed by atoms with E-state index in [1.54, 1.807) is 0 Å². The van der Waals surface area contributed by atoms with Crippen LogP contribution < -0.4 is 0 Å². The van der Waals surface area contributed by atoms with Crippen LogP contribution in [0.3, 0.4) is 0 Å². The fourth-order valence-corrected chi connectivity index (χ4v) is 4.91. The molecule has 0 aromatic heterocycles. The van der Waals surface area contributed by atoms with Gasteiger partial charge in [-0.15, -0.1) is 0 Å². The number of alkyl halides is 4. The molecule has 0 aliphatic heterocycles. The molecule has 1 aromatic rings. The highest BCUT2D eigenvalue weighted by Crippen LogP contribution is 2.38. The van der Waals surface area contributed by atoms with Crippen LogP contribution in [0.25, 0.3) is 0 Å². The molecule has 4 atom stereocenters. The summed E-state index contributed by atoms with van der Waals surface area (Å²) in [5.74, 6) is -1.09. The molecule has 0 amide bonds. The van der Waals surface area contributed by atoms with E-state index in [-0.39, 0.29) is 33.1 Å². The predicted octanol–water partition coefficient (Wildman–Crippen LogP) is 4.85. The van der Waals surface area contributed by atoms with E-state index in [9.17, 15) is 9.59 Å². The number of carboxylic acids is 1. The first-order valence-electron chi connectivity index (χ1n) is 6.20. The molecule has 0 saturated carbocycles. The molecule has 1 aromatic carbocycles. The molecule has 0 aliphatic carbocycles. The summed E-state index contributed by atoms with van der Waals surface area (Å²) in [7, 11) is 0. The summed E-state index contributed by atoms with van der Waals surface area (Å²) >= 11 is 14.1. The average Bonchev–Trinajstić information content (AvgIpc) is 2.50. The van der Waals surface area contributed by atoms with Gasteiger partial charge in [0.2, 0.25) is 0 Å². The molecule has 1 rings (SSSR count). The van der Waals surface area contributed by atoms with Gasteiger partial charge in [0, 0.05) is 16.1 Å². The predicted molar refractivity (Wildman–Crippen MR) is 98.1 cm³/mol. The molecule has 116 valence electrons. The van der Waals surface area contributed by atoms with Gasteiger partial charge in [0.25, 0.3) is 0 Å². The third kappa shape index (κ3) is 6.12. The number of ketones is 1. The Morgan fingerprint density at radius 3 is 2.05 bits per heavy atom. The van der Waals surface area contributed by atoms with Crippen LogP contribution in [0.4, 0.5) is 0 Å². The second kappa shape index (κ2) is 9.43. The van der Waals surface area contributed by atoms with Gasteiger partial charge in [0.05, 0.1) is 16.1 Å². The zero-order valence-electron chi connectivity index (χ0n) is 10.9. The Morgan fingerprint density at radius 2 is 1.52 bits per heavy atom. The normalized spacial score (nSPS) is 16.8. The highest BCUT2D eigenvalue weighted by Gasteiger charge is 2.33. The highest BCUT2D eigenvalue weighted by atomic mass is 79.9. The fraction of sp³-hybridized carbons (Fsp3) is 0.429. The lowest BCUT2D eigenvalue weighted by Crippen LogP contribution is -2.33. The molecule has 1 N–H and O–H groups in total. The first-order chi connectivity index (χ1) is 9.84. The van der Waals surface area contributed by atoms with Crippen LogP contribution in [0.5, 0.6) is 0 Å². The number of aliphatic carboxylic acids is 1. The zero-order chi connectivity index (χ0) is 16.0. The van der Waals surface area contributed by atoms with Gasteiger partial charge in [0.15, 0.2) is 0 Å². The quantitative estimate of drug-likeness (QED) is 0.472. The summed E-state index contributed by atoms with van der Waals surface area (Å²) < 4.78 is 0. The number of halogens is 4. The molecule has 21 heavy (non-hydrogen) atoms. The number of hydrogen-bond donors (Lipinski definition) is 1. The Labute approximate surface area is 157 Å². The number of carbonyl (C=O) groups excluding carboxylic acids is 1. The van der Waals surface area contributed by atoms with Crippen molar-refractivity contribution in [2.45, 2.75) is 32.2 Å². The molecule has 0 bridgehead atoms. The average molecular weight is 550 g/mol. The maximum atomic E-state index is 12.0. The Bertz CT molecular complexity index is 480. The molecule has 3 nitrogen and oxygen atoms in total. The van der Waals surface area contributed by atoms with Gasteiger partial charge in [-0.2, -0.15) is 0 Å². The van der Waals surface area contributed by atoms with E-state index in [1.165, 1.54) is 0 Å². The SMILES string of the molecule is O=C(O)CCC(=O)[C@@H](Br)[C@@H](Br)[C@H](Br)[C@@H](Br)c1ccccc1. The van der Waals surface area contributed by atoms with Crippen molar-refractivity contribution in [3.8, 4) is 0 Å². The first-order valence-corrected chi connectivity index (χ1v) is 9.86. The van der Waals surface area contributed by atoms with E-state index in [1.807, 2.05) is 30.3 Å². The lowest BCUT2D eigenvalue weighted by Gasteiger charge is -2.25. The van der Waals surface area contributed by atoms with Crippen LogP contribution in [0, 0.1) is 0 Å². The summed E-state index contributed by atoms with van der Waals surface area (Å²) in [4.78, 5) is 21.9. The van der Waals surface area contributed by atoms with Crippen molar-refractivity contribution in [1.29, 1.82) is 0 Å². The van der Waals surface area contributed by atoms with E-state index >= 15 is 0 Å². The number of carboxylic acid groups (broad SMARTS) is 1. The maximum absolute atomic E-state index is 12.0. The number of hydrogen-bond acceptors (Lipinski definition) is 2. The third-order valence-electron chi connectivity index (χ3n) is 2.87. The summed E-state index contributed by atoms with van der Waals surface area (Å²) in [6.07, 6.45) is -0.130. The van der Waals surface area contributed by atoms with Crippen LogP contribution in [-0.2, 0) is 9.59 Å². The monoisotopic (exact) mass is 546 g/mol. The van der Waals surface area contributed by atoms with Crippen molar-refractivity contribution >= 4 is 75.5 Å². The van der Waals surface area contributed by atoms with Crippen LogP contribution >= 0.6 is 63.7 Å². The van der Waals surface area contributed by atoms with Gasteiger partial charge in [-0.1, -0.05) is 94.1 Å². The molecular weight excluding hydrogens is 536 g/mol. The minimum absolute atomic E-state index is 0.0192. The molecule has 0 fully saturated rings. The topological polar surface area (TPSA) is 54.4 Å². The van der Waals surface area contributed by atoms with E-state index in [0.29, 0.717) is 0 Å². The minimum atomic E-state index is -0.966. The number of rotatable bonds is 8. The van der Waals surface area contributed by atoms with Crippen LogP contribution in [-0.4, -0.2) is 31.3 Å². The maximum Gasteiger partial charge on any atom is 0.303 e. The van der Waals surface area contributed by atoms with Gasteiger partial charge >= 0.3 is 5.97 Å². The second-order valence-corrected chi connectivity index (χ2v) is 8.55. The molecule has 7 heteroatoms. The Balaban J connectivity index is 2.66. The summed E-state index contributed by atoms with van der Waals surface area (Å²) in [5.41, 5.74) is 1.10. The molecule has 0 saturated heterocycles. The smallest absolute Gasteiger partial charge is 0.303 e. The fourth-order valence-electron chi connectivity index (χ4n) is 1.69. The van der Waals surface area contributed by atoms with Gasteiger partial charge < -0.3 is 5.11 Å². The van der Waals surface area contributed by atoms with Gasteiger partial charge in [-0.05, 0) is 5.56 Å².